The van der Waals surface area contributed by atoms with Crippen molar-refractivity contribution in [2.45, 2.75) is 25.3 Å². The van der Waals surface area contributed by atoms with E-state index < -0.39 is 0 Å². The van der Waals surface area contributed by atoms with E-state index in [0.29, 0.717) is 0 Å². The van der Waals surface area contributed by atoms with Gasteiger partial charge in [-0.3, -0.25) is 4.79 Å². The average Bonchev–Trinajstić information content (AvgIpc) is 3.03. The van der Waals surface area contributed by atoms with Crippen LogP contribution in [-0.4, -0.2) is 23.5 Å². The normalized spacial score (nSPS) is 18.7. The number of hydrogen-bond acceptors (Lipinski definition) is 4. The van der Waals surface area contributed by atoms with Gasteiger partial charge in [0.1, 0.15) is 0 Å². The van der Waals surface area contributed by atoms with Gasteiger partial charge in [0.05, 0.1) is 12.2 Å². The molecule has 1 saturated heterocycles. The fraction of sp³-hybridized carbons (Fsp3) is 0.333. The molecule has 0 aliphatic carbocycles. The Morgan fingerprint density at radius 1 is 1.30 bits per heavy atom. The Morgan fingerprint density at radius 3 is 2.80 bits per heavy atom. The molecule has 5 heteroatoms. The highest BCUT2D eigenvalue weighted by molar-refractivity contribution is 5.95. The van der Waals surface area contributed by atoms with E-state index in [2.05, 4.69) is 15.6 Å². The molecule has 1 aromatic heterocycles. The van der Waals surface area contributed by atoms with Crippen molar-refractivity contribution in [3.8, 4) is 11.3 Å². The number of nitrogens with one attached hydrogen (secondary N) is 2. The Balaban J connectivity index is 1.64. The molecule has 0 spiro atoms. The van der Waals surface area contributed by atoms with Gasteiger partial charge in [0.2, 0.25) is 5.91 Å². The first kappa shape index (κ1) is 12.9. The standard InChI is InChI=1S/C15H17N3O2/c19-15(13-3-1-2-8-17-13)18-12-6-4-11(5-7-12)14-9-16-10-20-14/h4-7,9-10,13,17H,1-3,8H2,(H,18,19)/t13-/m1/s1. The molecular formula is C15H17N3O2. The first-order valence-corrected chi connectivity index (χ1v) is 6.86. The summed E-state index contributed by atoms with van der Waals surface area (Å²) in [6.07, 6.45) is 6.23. The number of anilines is 1. The Hall–Kier alpha value is -2.14. The van der Waals surface area contributed by atoms with Crippen LogP contribution >= 0.6 is 0 Å². The van der Waals surface area contributed by atoms with Crippen LogP contribution < -0.4 is 10.6 Å². The third-order valence-electron chi connectivity index (χ3n) is 3.50. The summed E-state index contributed by atoms with van der Waals surface area (Å²) in [4.78, 5) is 16.0. The van der Waals surface area contributed by atoms with Gasteiger partial charge in [0.15, 0.2) is 12.2 Å². The van der Waals surface area contributed by atoms with Gasteiger partial charge < -0.3 is 15.1 Å². The van der Waals surface area contributed by atoms with Gasteiger partial charge in [0.25, 0.3) is 0 Å². The van der Waals surface area contributed by atoms with Crippen molar-refractivity contribution in [2.24, 2.45) is 0 Å². The van der Waals surface area contributed by atoms with Crippen LogP contribution in [-0.2, 0) is 4.79 Å². The molecule has 2 heterocycles. The molecule has 5 nitrogen and oxygen atoms in total. The molecule has 0 bridgehead atoms. The molecule has 1 aliphatic rings. The number of aromatic nitrogens is 1. The Labute approximate surface area is 117 Å². The zero-order valence-electron chi connectivity index (χ0n) is 11.1. The minimum absolute atomic E-state index is 0.0390. The van der Waals surface area contributed by atoms with E-state index in [9.17, 15) is 4.79 Å². The summed E-state index contributed by atoms with van der Waals surface area (Å²) in [6.45, 7) is 0.919. The zero-order valence-corrected chi connectivity index (χ0v) is 11.1. The molecular weight excluding hydrogens is 254 g/mol. The van der Waals surface area contributed by atoms with Crippen molar-refractivity contribution in [2.75, 3.05) is 11.9 Å². The number of carbonyl (C=O) groups excluding carboxylic acids is 1. The summed E-state index contributed by atoms with van der Waals surface area (Å²) in [5.74, 6) is 0.758. The molecule has 0 saturated carbocycles. The molecule has 20 heavy (non-hydrogen) atoms. The molecule has 0 radical (unpaired) electrons. The molecule has 0 unspecified atom stereocenters. The number of carbonyl (C=O) groups is 1. The van der Waals surface area contributed by atoms with Gasteiger partial charge in [-0.25, -0.2) is 4.98 Å². The Kier molecular flexibility index (Phi) is 3.78. The molecule has 1 aliphatic heterocycles. The predicted octanol–water partition coefficient (Wildman–Crippen LogP) is 2.42. The van der Waals surface area contributed by atoms with Crippen LogP contribution in [0.5, 0.6) is 0 Å². The molecule has 2 aromatic rings. The van der Waals surface area contributed by atoms with Crippen LogP contribution in [0.25, 0.3) is 11.3 Å². The van der Waals surface area contributed by atoms with Gasteiger partial charge in [-0.05, 0) is 43.7 Å². The zero-order chi connectivity index (χ0) is 13.8. The maximum atomic E-state index is 12.1. The van der Waals surface area contributed by atoms with E-state index in [-0.39, 0.29) is 11.9 Å². The SMILES string of the molecule is O=C(Nc1ccc(-c2cnco2)cc1)[C@H]1CCCCN1. The van der Waals surface area contributed by atoms with Gasteiger partial charge in [-0.15, -0.1) is 0 Å². The molecule has 1 fully saturated rings. The Bertz CT molecular complexity index is 557. The van der Waals surface area contributed by atoms with E-state index in [1.54, 1.807) is 6.20 Å². The van der Waals surface area contributed by atoms with Crippen molar-refractivity contribution >= 4 is 11.6 Å². The highest BCUT2D eigenvalue weighted by Crippen LogP contribution is 2.21. The molecule has 104 valence electrons. The number of nitrogens with zero attached hydrogens (tertiary/aromatic N) is 1. The van der Waals surface area contributed by atoms with Crippen molar-refractivity contribution in [1.82, 2.24) is 10.3 Å². The summed E-state index contributed by atoms with van der Waals surface area (Å²) in [7, 11) is 0. The molecule has 1 aromatic carbocycles. The van der Waals surface area contributed by atoms with Crippen molar-refractivity contribution in [1.29, 1.82) is 0 Å². The van der Waals surface area contributed by atoms with E-state index in [0.717, 1.165) is 42.8 Å². The fourth-order valence-electron chi connectivity index (χ4n) is 2.38. The van der Waals surface area contributed by atoms with Crippen molar-refractivity contribution < 1.29 is 9.21 Å². The number of rotatable bonds is 3. The Morgan fingerprint density at radius 2 is 2.15 bits per heavy atom. The van der Waals surface area contributed by atoms with Gasteiger partial charge in [-0.1, -0.05) is 6.42 Å². The van der Waals surface area contributed by atoms with Gasteiger partial charge in [-0.2, -0.15) is 0 Å². The number of oxazole rings is 1. The second-order valence-electron chi connectivity index (χ2n) is 4.93. The highest BCUT2D eigenvalue weighted by atomic mass is 16.3. The van der Waals surface area contributed by atoms with E-state index in [4.69, 9.17) is 4.42 Å². The molecule has 1 amide bonds. The van der Waals surface area contributed by atoms with E-state index in [1.807, 2.05) is 24.3 Å². The third kappa shape index (κ3) is 2.88. The van der Waals surface area contributed by atoms with Crippen LogP contribution in [0.2, 0.25) is 0 Å². The predicted molar refractivity (Wildman–Crippen MR) is 76.2 cm³/mol. The first-order valence-electron chi connectivity index (χ1n) is 6.86. The second kappa shape index (κ2) is 5.88. The maximum Gasteiger partial charge on any atom is 0.241 e. The smallest absolute Gasteiger partial charge is 0.241 e. The number of amides is 1. The van der Waals surface area contributed by atoms with Crippen molar-refractivity contribution in [3.05, 3.63) is 36.9 Å². The number of benzene rings is 1. The summed E-state index contributed by atoms with van der Waals surface area (Å²) in [5.41, 5.74) is 1.74. The fourth-order valence-corrected chi connectivity index (χ4v) is 2.38. The molecule has 2 N–H and O–H groups in total. The van der Waals surface area contributed by atoms with Crippen LogP contribution in [0.1, 0.15) is 19.3 Å². The monoisotopic (exact) mass is 271 g/mol. The maximum absolute atomic E-state index is 12.1. The lowest BCUT2D eigenvalue weighted by atomic mass is 10.0. The summed E-state index contributed by atoms with van der Waals surface area (Å²) >= 11 is 0. The lowest BCUT2D eigenvalue weighted by molar-refractivity contribution is -0.118. The van der Waals surface area contributed by atoms with E-state index >= 15 is 0 Å². The van der Waals surface area contributed by atoms with E-state index in [1.165, 1.54) is 6.39 Å². The quantitative estimate of drug-likeness (QED) is 0.899. The first-order chi connectivity index (χ1) is 9.83. The highest BCUT2D eigenvalue weighted by Gasteiger charge is 2.20. The average molecular weight is 271 g/mol. The third-order valence-corrected chi connectivity index (χ3v) is 3.50. The minimum Gasteiger partial charge on any atom is -0.444 e. The lowest BCUT2D eigenvalue weighted by Gasteiger charge is -2.22. The van der Waals surface area contributed by atoms with Crippen LogP contribution in [0, 0.1) is 0 Å². The van der Waals surface area contributed by atoms with Gasteiger partial charge >= 0.3 is 0 Å². The van der Waals surface area contributed by atoms with Crippen molar-refractivity contribution in [3.63, 3.8) is 0 Å². The molecule has 3 rings (SSSR count). The van der Waals surface area contributed by atoms with Crippen LogP contribution in [0.3, 0.4) is 0 Å². The second-order valence-corrected chi connectivity index (χ2v) is 4.93. The minimum atomic E-state index is -0.0716. The van der Waals surface area contributed by atoms with Crippen LogP contribution in [0.4, 0.5) is 5.69 Å². The number of piperidine rings is 1. The van der Waals surface area contributed by atoms with Gasteiger partial charge in [0, 0.05) is 11.3 Å². The summed E-state index contributed by atoms with van der Waals surface area (Å²) in [6, 6.07) is 7.49. The summed E-state index contributed by atoms with van der Waals surface area (Å²) in [5, 5.41) is 6.17. The largest absolute Gasteiger partial charge is 0.444 e. The molecule has 1 atom stereocenters. The lowest BCUT2D eigenvalue weighted by Crippen LogP contribution is -2.43. The topological polar surface area (TPSA) is 67.2 Å². The number of hydrogen-bond donors (Lipinski definition) is 2. The van der Waals surface area contributed by atoms with Crippen LogP contribution in [0.15, 0.2) is 41.3 Å². The summed E-state index contributed by atoms with van der Waals surface area (Å²) < 4.78 is 5.23.